The second-order valence-corrected chi connectivity index (χ2v) is 8.04. The van der Waals surface area contributed by atoms with E-state index in [0.29, 0.717) is 54.8 Å². The van der Waals surface area contributed by atoms with Crippen molar-refractivity contribution < 1.29 is 23.5 Å². The molecule has 0 bridgehead atoms. The van der Waals surface area contributed by atoms with E-state index in [4.69, 9.17) is 25.5 Å². The predicted octanol–water partition coefficient (Wildman–Crippen LogP) is 2.92. The molecule has 2 heterocycles. The topological polar surface area (TPSA) is 84.2 Å². The Labute approximate surface area is 187 Å². The van der Waals surface area contributed by atoms with E-state index >= 15 is 0 Å². The van der Waals surface area contributed by atoms with E-state index in [1.54, 1.807) is 35.2 Å². The zero-order valence-electron chi connectivity index (χ0n) is 18.0. The molecule has 0 unspecified atom stereocenters. The lowest BCUT2D eigenvalue weighted by molar-refractivity contribution is 0.0561. The Kier molecular flexibility index (Phi) is 7.81. The number of hydrogen-bond donors (Lipinski definition) is 1. The molecule has 3 rings (SSSR count). The fourth-order valence-corrected chi connectivity index (χ4v) is 3.51. The number of carbonyl (C=O) groups is 2. The predicted molar refractivity (Wildman–Crippen MR) is 117 cm³/mol. The largest absolute Gasteiger partial charge is 0.489 e. The molecule has 0 saturated carbocycles. The number of amides is 2. The number of nitrogens with one attached hydrogen (secondary N) is 1. The van der Waals surface area contributed by atoms with Crippen LogP contribution in [0, 0.1) is 0 Å². The van der Waals surface area contributed by atoms with Gasteiger partial charge in [0, 0.05) is 50.7 Å². The normalized spacial score (nSPS) is 14.5. The van der Waals surface area contributed by atoms with Gasteiger partial charge < -0.3 is 29.0 Å². The number of nitrogens with zero attached hydrogens (tertiary/aromatic N) is 2. The van der Waals surface area contributed by atoms with Gasteiger partial charge in [-0.25, -0.2) is 0 Å². The number of ether oxygens (including phenoxy) is 2. The number of likely N-dealkylation sites (N-methyl/N-ethyl adjacent to an activating group) is 1. The summed E-state index contributed by atoms with van der Waals surface area (Å²) in [4.78, 5) is 28.5. The summed E-state index contributed by atoms with van der Waals surface area (Å²) in [5.41, 5.74) is 0.491. The Balaban J connectivity index is 1.50. The molecule has 0 spiro atoms. The first-order valence-electron chi connectivity index (χ1n) is 10.2. The maximum absolute atomic E-state index is 12.5. The molecule has 8 nitrogen and oxygen atoms in total. The standard InChI is InChI=1S/C22H28ClN3O5/c1-25(2)13-10-24-21(27)15-4-5-18(17(23)14-15)30-16-8-11-26(12-9-16)22(28)19-6-7-20(29-3)31-19/h4-7,14,16H,8-13H2,1-3H3,(H,24,27). The maximum atomic E-state index is 12.5. The fraction of sp³-hybridized carbons (Fsp3) is 0.455. The van der Waals surface area contributed by atoms with E-state index < -0.39 is 0 Å². The Morgan fingerprint density at radius 1 is 1.23 bits per heavy atom. The highest BCUT2D eigenvalue weighted by molar-refractivity contribution is 6.32. The molecule has 1 saturated heterocycles. The second kappa shape index (κ2) is 10.5. The molecule has 168 valence electrons. The molecule has 1 aromatic heterocycles. The van der Waals surface area contributed by atoms with Gasteiger partial charge in [-0.15, -0.1) is 0 Å². The van der Waals surface area contributed by atoms with E-state index in [1.165, 1.54) is 7.11 Å². The minimum atomic E-state index is -0.170. The lowest BCUT2D eigenvalue weighted by Crippen LogP contribution is -2.41. The summed E-state index contributed by atoms with van der Waals surface area (Å²) in [5, 5.41) is 3.25. The van der Waals surface area contributed by atoms with Crippen molar-refractivity contribution in [3.05, 3.63) is 46.7 Å². The van der Waals surface area contributed by atoms with Crippen molar-refractivity contribution in [2.24, 2.45) is 0 Å². The molecule has 0 radical (unpaired) electrons. The van der Waals surface area contributed by atoms with Gasteiger partial charge in [0.25, 0.3) is 17.8 Å². The highest BCUT2D eigenvalue weighted by Gasteiger charge is 2.27. The summed E-state index contributed by atoms with van der Waals surface area (Å²) in [7, 11) is 5.39. The van der Waals surface area contributed by atoms with Gasteiger partial charge in [-0.3, -0.25) is 9.59 Å². The first kappa shape index (κ1) is 23.0. The van der Waals surface area contributed by atoms with Crippen molar-refractivity contribution in [2.45, 2.75) is 18.9 Å². The van der Waals surface area contributed by atoms with Crippen molar-refractivity contribution in [2.75, 3.05) is 47.4 Å². The second-order valence-electron chi connectivity index (χ2n) is 7.64. The zero-order valence-corrected chi connectivity index (χ0v) is 18.8. The maximum Gasteiger partial charge on any atom is 0.289 e. The summed E-state index contributed by atoms with van der Waals surface area (Å²) in [6.45, 7) is 2.42. The summed E-state index contributed by atoms with van der Waals surface area (Å²) < 4.78 is 16.4. The Morgan fingerprint density at radius 3 is 2.58 bits per heavy atom. The molecular weight excluding hydrogens is 422 g/mol. The number of rotatable bonds is 8. The van der Waals surface area contributed by atoms with Crippen LogP contribution in [0.15, 0.2) is 34.7 Å². The van der Waals surface area contributed by atoms with Crippen LogP contribution >= 0.6 is 11.6 Å². The van der Waals surface area contributed by atoms with E-state index in [0.717, 1.165) is 6.54 Å². The molecule has 2 amide bonds. The van der Waals surface area contributed by atoms with E-state index in [2.05, 4.69) is 5.32 Å². The summed E-state index contributed by atoms with van der Waals surface area (Å²) in [5.74, 6) is 0.776. The van der Waals surface area contributed by atoms with Crippen LogP contribution in [0.25, 0.3) is 0 Å². The first-order chi connectivity index (χ1) is 14.9. The Bertz CT molecular complexity index is 906. The number of piperidine rings is 1. The van der Waals surface area contributed by atoms with Crippen LogP contribution in [0.5, 0.6) is 11.7 Å². The lowest BCUT2D eigenvalue weighted by Gasteiger charge is -2.31. The smallest absolute Gasteiger partial charge is 0.289 e. The molecule has 31 heavy (non-hydrogen) atoms. The van der Waals surface area contributed by atoms with E-state index in [-0.39, 0.29) is 23.7 Å². The van der Waals surface area contributed by atoms with Crippen molar-refractivity contribution in [3.63, 3.8) is 0 Å². The average Bonchev–Trinajstić information content (AvgIpc) is 3.24. The summed E-state index contributed by atoms with van der Waals surface area (Å²) in [6.07, 6.45) is 1.28. The molecule has 1 fully saturated rings. The third-order valence-corrected chi connectivity index (χ3v) is 5.35. The van der Waals surface area contributed by atoms with E-state index in [1.807, 2.05) is 19.0 Å². The van der Waals surface area contributed by atoms with Crippen molar-refractivity contribution in [1.82, 2.24) is 15.1 Å². The van der Waals surface area contributed by atoms with Crippen LogP contribution in [-0.2, 0) is 0 Å². The van der Waals surface area contributed by atoms with Gasteiger partial charge in [0.2, 0.25) is 0 Å². The molecule has 1 aromatic carbocycles. The molecule has 1 aliphatic heterocycles. The van der Waals surface area contributed by atoms with Crippen LogP contribution < -0.4 is 14.8 Å². The van der Waals surface area contributed by atoms with Crippen molar-refractivity contribution >= 4 is 23.4 Å². The van der Waals surface area contributed by atoms with Crippen molar-refractivity contribution in [1.29, 1.82) is 0 Å². The quantitative estimate of drug-likeness (QED) is 0.667. The van der Waals surface area contributed by atoms with E-state index in [9.17, 15) is 9.59 Å². The zero-order chi connectivity index (χ0) is 22.4. The number of benzene rings is 1. The molecule has 0 aliphatic carbocycles. The number of furan rings is 1. The van der Waals surface area contributed by atoms with Gasteiger partial charge in [0.05, 0.1) is 12.1 Å². The highest BCUT2D eigenvalue weighted by Crippen LogP contribution is 2.29. The molecule has 1 aliphatic rings. The van der Waals surface area contributed by atoms with Gasteiger partial charge in [0.1, 0.15) is 11.9 Å². The monoisotopic (exact) mass is 449 g/mol. The molecule has 0 atom stereocenters. The third kappa shape index (κ3) is 6.15. The number of likely N-dealkylation sites (tertiary alicyclic amines) is 1. The number of halogens is 1. The third-order valence-electron chi connectivity index (χ3n) is 5.05. The van der Waals surface area contributed by atoms with Crippen LogP contribution in [0.2, 0.25) is 5.02 Å². The molecular formula is C22H28ClN3O5. The number of hydrogen-bond acceptors (Lipinski definition) is 6. The van der Waals surface area contributed by atoms with Crippen LogP contribution in [0.4, 0.5) is 0 Å². The van der Waals surface area contributed by atoms with Crippen molar-refractivity contribution in [3.8, 4) is 11.7 Å². The number of carbonyl (C=O) groups excluding carboxylic acids is 2. The van der Waals surface area contributed by atoms with Gasteiger partial charge in [-0.1, -0.05) is 11.6 Å². The first-order valence-corrected chi connectivity index (χ1v) is 10.6. The summed E-state index contributed by atoms with van der Waals surface area (Å²) >= 11 is 6.35. The Hall–Kier alpha value is -2.71. The fourth-order valence-electron chi connectivity index (χ4n) is 3.29. The number of methoxy groups -OCH3 is 1. The molecule has 1 N–H and O–H groups in total. The highest BCUT2D eigenvalue weighted by atomic mass is 35.5. The molecule has 2 aromatic rings. The van der Waals surface area contributed by atoms with Gasteiger partial charge in [-0.05, 0) is 38.4 Å². The van der Waals surface area contributed by atoms with Crippen LogP contribution in [0.3, 0.4) is 0 Å². The van der Waals surface area contributed by atoms with Gasteiger partial charge in [-0.2, -0.15) is 0 Å². The van der Waals surface area contributed by atoms with Crippen LogP contribution in [-0.4, -0.2) is 75.1 Å². The summed E-state index contributed by atoms with van der Waals surface area (Å²) in [6, 6.07) is 8.27. The minimum absolute atomic E-state index is 0.0625. The Morgan fingerprint density at radius 2 is 1.97 bits per heavy atom. The SMILES string of the molecule is COc1ccc(C(=O)N2CCC(Oc3ccc(C(=O)NCCN(C)C)cc3Cl)CC2)o1. The van der Waals surface area contributed by atoms with Gasteiger partial charge in [0.15, 0.2) is 5.76 Å². The average molecular weight is 450 g/mol. The minimum Gasteiger partial charge on any atom is -0.489 e. The van der Waals surface area contributed by atoms with Crippen LogP contribution in [0.1, 0.15) is 33.8 Å². The lowest BCUT2D eigenvalue weighted by atomic mass is 10.1. The van der Waals surface area contributed by atoms with Gasteiger partial charge >= 0.3 is 0 Å². The molecule has 9 heteroatoms.